The van der Waals surface area contributed by atoms with Gasteiger partial charge in [-0.3, -0.25) is 9.69 Å². The van der Waals surface area contributed by atoms with E-state index in [0.29, 0.717) is 12.3 Å². The summed E-state index contributed by atoms with van der Waals surface area (Å²) in [5.41, 5.74) is 1.19. The van der Waals surface area contributed by atoms with Crippen molar-refractivity contribution in [3.05, 3.63) is 58.6 Å². The quantitative estimate of drug-likeness (QED) is 0.626. The number of likely N-dealkylation sites (tertiary alicyclic amines) is 1. The molecule has 1 N–H and O–H groups in total. The van der Waals surface area contributed by atoms with Gasteiger partial charge in [0.2, 0.25) is 0 Å². The average molecular weight is 461 g/mol. The molecule has 1 heterocycles. The number of amides is 1. The smallest absolute Gasteiger partial charge is 0.260 e. The highest BCUT2D eigenvalue weighted by Crippen LogP contribution is 2.26. The van der Waals surface area contributed by atoms with Crippen LogP contribution < -0.4 is 14.8 Å². The second-order valence-corrected chi connectivity index (χ2v) is 8.26. The predicted octanol–water partition coefficient (Wildman–Crippen LogP) is 4.57. The maximum atomic E-state index is 12.6. The zero-order valence-corrected chi connectivity index (χ0v) is 18.7. The Labute approximate surface area is 181 Å². The highest BCUT2D eigenvalue weighted by atomic mass is 79.9. The van der Waals surface area contributed by atoms with E-state index in [1.54, 1.807) is 14.0 Å². The van der Waals surface area contributed by atoms with E-state index < -0.39 is 6.10 Å². The van der Waals surface area contributed by atoms with E-state index in [9.17, 15) is 4.79 Å². The van der Waals surface area contributed by atoms with Crippen molar-refractivity contribution in [1.82, 2.24) is 10.2 Å². The SMILES string of the molecule is COc1ccc([C@@H](CNC(=O)[C@@H](C)Oc2ccc(Br)cc2)N2CCCCC2)cc1. The number of hydrogen-bond acceptors (Lipinski definition) is 4. The summed E-state index contributed by atoms with van der Waals surface area (Å²) >= 11 is 3.40. The number of rotatable bonds is 8. The van der Waals surface area contributed by atoms with Crippen LogP contribution in [0, 0.1) is 0 Å². The van der Waals surface area contributed by atoms with E-state index in [0.717, 1.165) is 23.3 Å². The van der Waals surface area contributed by atoms with Gasteiger partial charge in [-0.15, -0.1) is 0 Å². The van der Waals surface area contributed by atoms with E-state index >= 15 is 0 Å². The lowest BCUT2D eigenvalue weighted by Gasteiger charge is -2.35. The molecule has 0 radical (unpaired) electrons. The van der Waals surface area contributed by atoms with Crippen molar-refractivity contribution >= 4 is 21.8 Å². The second kappa shape index (κ2) is 10.6. The number of carbonyl (C=O) groups is 1. The maximum Gasteiger partial charge on any atom is 0.260 e. The van der Waals surface area contributed by atoms with Gasteiger partial charge in [0, 0.05) is 11.0 Å². The first-order valence-corrected chi connectivity index (χ1v) is 10.9. The Morgan fingerprint density at radius 2 is 1.66 bits per heavy atom. The second-order valence-electron chi connectivity index (χ2n) is 7.34. The number of nitrogens with one attached hydrogen (secondary N) is 1. The minimum absolute atomic E-state index is 0.108. The molecule has 0 aromatic heterocycles. The molecule has 2 atom stereocenters. The summed E-state index contributed by atoms with van der Waals surface area (Å²) < 4.78 is 12.0. The minimum atomic E-state index is -0.561. The number of nitrogens with zero attached hydrogens (tertiary/aromatic N) is 1. The summed E-state index contributed by atoms with van der Waals surface area (Å²) in [6.45, 7) is 4.44. The van der Waals surface area contributed by atoms with Crippen molar-refractivity contribution in [1.29, 1.82) is 0 Å². The molecule has 156 valence electrons. The van der Waals surface area contributed by atoms with Gasteiger partial charge >= 0.3 is 0 Å². The summed E-state index contributed by atoms with van der Waals surface area (Å²) in [4.78, 5) is 15.1. The molecule has 1 amide bonds. The van der Waals surface area contributed by atoms with Gasteiger partial charge in [0.05, 0.1) is 13.2 Å². The first kappa shape index (κ1) is 21.7. The Morgan fingerprint density at radius 1 is 1.03 bits per heavy atom. The van der Waals surface area contributed by atoms with Crippen LogP contribution in [0.4, 0.5) is 0 Å². The van der Waals surface area contributed by atoms with Gasteiger partial charge < -0.3 is 14.8 Å². The number of ether oxygens (including phenoxy) is 2. The van der Waals surface area contributed by atoms with Crippen molar-refractivity contribution in [2.75, 3.05) is 26.7 Å². The monoisotopic (exact) mass is 460 g/mol. The van der Waals surface area contributed by atoms with Crippen molar-refractivity contribution in [2.24, 2.45) is 0 Å². The molecule has 2 aromatic carbocycles. The number of methoxy groups -OCH3 is 1. The van der Waals surface area contributed by atoms with Crippen LogP contribution in [0.3, 0.4) is 0 Å². The largest absolute Gasteiger partial charge is 0.497 e. The average Bonchev–Trinajstić information content (AvgIpc) is 2.76. The minimum Gasteiger partial charge on any atom is -0.497 e. The molecule has 1 saturated heterocycles. The van der Waals surface area contributed by atoms with Gasteiger partial charge in [-0.25, -0.2) is 0 Å². The first-order chi connectivity index (χ1) is 14.1. The standard InChI is InChI=1S/C23H29BrN2O3/c1-17(29-21-12-8-19(24)9-13-21)23(27)25-16-22(26-14-4-3-5-15-26)18-6-10-20(28-2)11-7-18/h6-13,17,22H,3-5,14-16H2,1-2H3,(H,25,27)/t17-,22-/m1/s1. The van der Waals surface area contributed by atoms with E-state index in [4.69, 9.17) is 9.47 Å². The molecule has 0 aliphatic carbocycles. The van der Waals surface area contributed by atoms with E-state index in [2.05, 4.69) is 38.3 Å². The summed E-state index contributed by atoms with van der Waals surface area (Å²) in [6.07, 6.45) is 3.11. The molecule has 29 heavy (non-hydrogen) atoms. The van der Waals surface area contributed by atoms with E-state index in [1.165, 1.54) is 24.8 Å². The maximum absolute atomic E-state index is 12.6. The van der Waals surface area contributed by atoms with Crippen LogP contribution in [0.5, 0.6) is 11.5 Å². The molecule has 0 spiro atoms. The van der Waals surface area contributed by atoms with Crippen molar-refractivity contribution in [3.8, 4) is 11.5 Å². The van der Waals surface area contributed by atoms with E-state index in [-0.39, 0.29) is 11.9 Å². The lowest BCUT2D eigenvalue weighted by molar-refractivity contribution is -0.127. The van der Waals surface area contributed by atoms with E-state index in [1.807, 2.05) is 36.4 Å². The van der Waals surface area contributed by atoms with Crippen LogP contribution in [0.2, 0.25) is 0 Å². The van der Waals surface area contributed by atoms with Gasteiger partial charge in [-0.2, -0.15) is 0 Å². The van der Waals surface area contributed by atoms with Gasteiger partial charge in [0.15, 0.2) is 6.10 Å². The third-order valence-electron chi connectivity index (χ3n) is 5.30. The number of halogens is 1. The zero-order chi connectivity index (χ0) is 20.6. The van der Waals surface area contributed by atoms with Crippen LogP contribution in [-0.2, 0) is 4.79 Å². The highest BCUT2D eigenvalue weighted by molar-refractivity contribution is 9.10. The molecule has 1 fully saturated rings. The Balaban J connectivity index is 1.63. The number of carbonyl (C=O) groups excluding carboxylic acids is 1. The van der Waals surface area contributed by atoms with Crippen molar-refractivity contribution in [3.63, 3.8) is 0 Å². The molecule has 1 aliphatic heterocycles. The molecule has 5 nitrogen and oxygen atoms in total. The normalized spacial score (nSPS) is 16.7. The van der Waals surface area contributed by atoms with Crippen LogP contribution in [0.15, 0.2) is 53.0 Å². The van der Waals surface area contributed by atoms with Crippen LogP contribution in [-0.4, -0.2) is 43.7 Å². The molecule has 6 heteroatoms. The Hall–Kier alpha value is -2.05. The van der Waals surface area contributed by atoms with Crippen LogP contribution in [0.25, 0.3) is 0 Å². The molecule has 3 rings (SSSR count). The predicted molar refractivity (Wildman–Crippen MR) is 118 cm³/mol. The molecule has 0 bridgehead atoms. The summed E-state index contributed by atoms with van der Waals surface area (Å²) in [7, 11) is 1.67. The fourth-order valence-electron chi connectivity index (χ4n) is 3.63. The summed E-state index contributed by atoms with van der Waals surface area (Å²) in [5.74, 6) is 1.41. The molecular formula is C23H29BrN2O3. The Kier molecular flexibility index (Phi) is 7.95. The molecule has 0 saturated carbocycles. The van der Waals surface area contributed by atoms with Crippen molar-refractivity contribution in [2.45, 2.75) is 38.3 Å². The van der Waals surface area contributed by atoms with Crippen LogP contribution in [0.1, 0.15) is 37.8 Å². The lowest BCUT2D eigenvalue weighted by atomic mass is 10.0. The van der Waals surface area contributed by atoms with Gasteiger partial charge in [0.1, 0.15) is 11.5 Å². The van der Waals surface area contributed by atoms with Crippen molar-refractivity contribution < 1.29 is 14.3 Å². The molecular weight excluding hydrogens is 432 g/mol. The molecule has 0 unspecified atom stereocenters. The van der Waals surface area contributed by atoms with Gasteiger partial charge in [0.25, 0.3) is 5.91 Å². The topological polar surface area (TPSA) is 50.8 Å². The van der Waals surface area contributed by atoms with Crippen LogP contribution >= 0.6 is 15.9 Å². The fourth-order valence-corrected chi connectivity index (χ4v) is 3.89. The fraction of sp³-hybridized carbons (Fsp3) is 0.435. The zero-order valence-electron chi connectivity index (χ0n) is 17.1. The lowest BCUT2D eigenvalue weighted by Crippen LogP contribution is -2.43. The number of hydrogen-bond donors (Lipinski definition) is 1. The first-order valence-electron chi connectivity index (χ1n) is 10.1. The third-order valence-corrected chi connectivity index (χ3v) is 5.83. The highest BCUT2D eigenvalue weighted by Gasteiger charge is 2.24. The number of piperidine rings is 1. The van der Waals surface area contributed by atoms with Gasteiger partial charge in [-0.1, -0.05) is 34.5 Å². The molecule has 1 aliphatic rings. The van der Waals surface area contributed by atoms with Gasteiger partial charge in [-0.05, 0) is 74.8 Å². The number of benzene rings is 2. The molecule has 2 aromatic rings. The Morgan fingerprint density at radius 3 is 2.28 bits per heavy atom. The summed E-state index contributed by atoms with van der Waals surface area (Å²) in [6, 6.07) is 15.8. The third kappa shape index (κ3) is 6.21. The summed E-state index contributed by atoms with van der Waals surface area (Å²) in [5, 5.41) is 3.09. The Bertz CT molecular complexity index is 774.